The number of aryl methyl sites for hydroxylation is 1. The normalized spacial score (nSPS) is 14.0. The molecule has 2 aromatic heterocycles. The fourth-order valence-electron chi connectivity index (χ4n) is 5.25. The molecule has 1 aliphatic carbocycles. The molecule has 0 aliphatic heterocycles. The molecule has 2 N–H and O–H groups in total. The number of unbranched alkanes of at least 4 members (excludes halogenated alkanes) is 1. The second-order valence-corrected chi connectivity index (χ2v) is 10.4. The number of hydrazone groups is 1. The molecule has 210 valence electrons. The van der Waals surface area contributed by atoms with E-state index in [0.717, 1.165) is 58.6 Å². The standard InChI is InChI=1S/C33H32N8O/c1-4-5-15-28-34-30-29(36-35-25-11-7-6-8-12-25)21(2)22(3)32(42)31(30)41(28)20-23-16-18-24(19-17-23)26-13-9-10-14-27(26)33-37-39-40-38-33/h6-14,16-19,35H,4-5,15,20H2,1-3H3,(H,37,38,39,40). The quantitative estimate of drug-likeness (QED) is 0.201. The van der Waals surface area contributed by atoms with Crippen molar-refractivity contribution in [2.24, 2.45) is 5.10 Å². The number of carbonyl (C=O) groups excluding carboxylic acids is 1. The molecular weight excluding hydrogens is 524 g/mol. The van der Waals surface area contributed by atoms with Gasteiger partial charge in [0, 0.05) is 24.1 Å². The zero-order valence-electron chi connectivity index (χ0n) is 23.9. The van der Waals surface area contributed by atoms with Crippen LogP contribution >= 0.6 is 0 Å². The number of nitrogens with one attached hydrogen (secondary N) is 2. The van der Waals surface area contributed by atoms with E-state index in [1.54, 1.807) is 0 Å². The molecule has 6 rings (SSSR count). The second kappa shape index (κ2) is 11.7. The van der Waals surface area contributed by atoms with Crippen molar-refractivity contribution in [1.29, 1.82) is 0 Å². The topological polar surface area (TPSA) is 114 Å². The molecule has 0 amide bonds. The number of ketones is 1. The van der Waals surface area contributed by atoms with Crippen molar-refractivity contribution in [2.75, 3.05) is 5.43 Å². The van der Waals surface area contributed by atoms with Crippen LogP contribution in [0.25, 0.3) is 22.5 Å². The van der Waals surface area contributed by atoms with Gasteiger partial charge >= 0.3 is 0 Å². The van der Waals surface area contributed by atoms with Gasteiger partial charge in [-0.2, -0.15) is 5.10 Å². The van der Waals surface area contributed by atoms with Crippen molar-refractivity contribution < 1.29 is 4.79 Å². The molecule has 42 heavy (non-hydrogen) atoms. The Kier molecular flexibility index (Phi) is 7.55. The van der Waals surface area contributed by atoms with Crippen LogP contribution in [0.3, 0.4) is 0 Å². The van der Waals surface area contributed by atoms with Crippen LogP contribution in [0.15, 0.2) is 95.1 Å². The van der Waals surface area contributed by atoms with Crippen LogP contribution in [0.5, 0.6) is 0 Å². The van der Waals surface area contributed by atoms with Gasteiger partial charge in [-0.05, 0) is 65.1 Å². The number of nitrogens with zero attached hydrogens (tertiary/aromatic N) is 6. The van der Waals surface area contributed by atoms with Gasteiger partial charge in [0.15, 0.2) is 5.82 Å². The largest absolute Gasteiger partial charge is 0.320 e. The SMILES string of the molecule is CCCCc1nc2c(n1Cc1ccc(-c3ccccc3-c3nnn[nH]3)cc1)C(=O)C(C)=C(C)C2=NNc1ccccc1. The van der Waals surface area contributed by atoms with E-state index in [1.165, 1.54) is 0 Å². The molecule has 0 atom stereocenters. The number of hydrogen-bond acceptors (Lipinski definition) is 7. The number of carbonyl (C=O) groups is 1. The number of hydrogen-bond donors (Lipinski definition) is 2. The van der Waals surface area contributed by atoms with Gasteiger partial charge in [-0.25, -0.2) is 10.1 Å². The van der Waals surface area contributed by atoms with Crippen LogP contribution in [-0.2, 0) is 13.0 Å². The number of H-pyrrole nitrogens is 1. The number of Topliss-reactive ketones (excluding diaryl/α,β-unsaturated/α-hetero) is 1. The first kappa shape index (κ1) is 27.0. The molecule has 0 saturated carbocycles. The monoisotopic (exact) mass is 556 g/mol. The van der Waals surface area contributed by atoms with Crippen molar-refractivity contribution in [3.63, 3.8) is 0 Å². The number of fused-ring (bicyclic) bond motifs is 1. The maximum absolute atomic E-state index is 13.7. The lowest BCUT2D eigenvalue weighted by atomic mass is 9.91. The summed E-state index contributed by atoms with van der Waals surface area (Å²) in [6.45, 7) is 6.51. The van der Waals surface area contributed by atoms with Crippen LogP contribution in [0.2, 0.25) is 0 Å². The Morgan fingerprint density at radius 2 is 1.64 bits per heavy atom. The fourth-order valence-corrected chi connectivity index (χ4v) is 5.25. The summed E-state index contributed by atoms with van der Waals surface area (Å²) in [7, 11) is 0. The number of anilines is 1. The molecule has 0 unspecified atom stereocenters. The second-order valence-electron chi connectivity index (χ2n) is 10.4. The Morgan fingerprint density at radius 1 is 0.905 bits per heavy atom. The highest BCUT2D eigenvalue weighted by atomic mass is 16.1. The summed E-state index contributed by atoms with van der Waals surface area (Å²) in [5, 5.41) is 19.2. The van der Waals surface area contributed by atoms with E-state index in [-0.39, 0.29) is 5.78 Å². The minimum atomic E-state index is 0.00243. The van der Waals surface area contributed by atoms with Crippen LogP contribution in [0.1, 0.15) is 61.2 Å². The molecular formula is C33H32N8O. The summed E-state index contributed by atoms with van der Waals surface area (Å²) in [5.41, 5.74) is 11.6. The van der Waals surface area contributed by atoms with E-state index in [1.807, 2.05) is 62.4 Å². The van der Waals surface area contributed by atoms with Crippen molar-refractivity contribution in [3.05, 3.63) is 113 Å². The Balaban J connectivity index is 1.36. The summed E-state index contributed by atoms with van der Waals surface area (Å²) in [5.74, 6) is 1.52. The molecule has 5 aromatic rings. The Bertz CT molecular complexity index is 1780. The Hall–Kier alpha value is -5.18. The molecule has 9 nitrogen and oxygen atoms in total. The van der Waals surface area contributed by atoms with Crippen molar-refractivity contribution in [2.45, 2.75) is 46.6 Å². The molecule has 3 aromatic carbocycles. The van der Waals surface area contributed by atoms with Gasteiger partial charge in [-0.3, -0.25) is 10.2 Å². The number of allylic oxidation sites excluding steroid dienone is 2. The van der Waals surface area contributed by atoms with E-state index in [2.05, 4.69) is 67.9 Å². The van der Waals surface area contributed by atoms with Gasteiger partial charge < -0.3 is 4.57 Å². The van der Waals surface area contributed by atoms with Crippen LogP contribution in [0, 0.1) is 0 Å². The van der Waals surface area contributed by atoms with Gasteiger partial charge in [0.25, 0.3) is 0 Å². The maximum Gasteiger partial charge on any atom is 0.207 e. The number of benzene rings is 3. The number of tetrazole rings is 1. The number of imidazole rings is 1. The summed E-state index contributed by atoms with van der Waals surface area (Å²) in [6, 6.07) is 26.2. The molecule has 0 radical (unpaired) electrons. The third-order valence-electron chi connectivity index (χ3n) is 7.70. The molecule has 0 fully saturated rings. The highest BCUT2D eigenvalue weighted by molar-refractivity contribution is 6.27. The van der Waals surface area contributed by atoms with Crippen molar-refractivity contribution in [3.8, 4) is 22.5 Å². The third-order valence-corrected chi connectivity index (χ3v) is 7.70. The fraction of sp³-hybridized carbons (Fsp3) is 0.212. The summed E-state index contributed by atoms with van der Waals surface area (Å²) >= 11 is 0. The van der Waals surface area contributed by atoms with Gasteiger partial charge in [0.1, 0.15) is 22.9 Å². The van der Waals surface area contributed by atoms with E-state index in [9.17, 15) is 4.79 Å². The van der Waals surface area contributed by atoms with Crippen molar-refractivity contribution in [1.82, 2.24) is 30.2 Å². The predicted molar refractivity (Wildman–Crippen MR) is 164 cm³/mol. The Labute approximate surface area is 244 Å². The molecule has 0 bridgehead atoms. The lowest BCUT2D eigenvalue weighted by Crippen LogP contribution is -2.24. The minimum absolute atomic E-state index is 0.00243. The minimum Gasteiger partial charge on any atom is -0.320 e. The number of rotatable bonds is 9. The van der Waals surface area contributed by atoms with Crippen LogP contribution in [-0.4, -0.2) is 41.7 Å². The summed E-state index contributed by atoms with van der Waals surface area (Å²) in [4.78, 5) is 18.8. The van der Waals surface area contributed by atoms with Gasteiger partial charge in [0.05, 0.1) is 5.69 Å². The van der Waals surface area contributed by atoms with Crippen LogP contribution in [0.4, 0.5) is 5.69 Å². The third kappa shape index (κ3) is 5.16. The Morgan fingerprint density at radius 3 is 2.36 bits per heavy atom. The van der Waals surface area contributed by atoms with Gasteiger partial charge in [-0.1, -0.05) is 80.1 Å². The van der Waals surface area contributed by atoms with E-state index >= 15 is 0 Å². The van der Waals surface area contributed by atoms with E-state index in [0.29, 0.717) is 35.0 Å². The smallest absolute Gasteiger partial charge is 0.207 e. The number of aromatic amines is 1. The summed E-state index contributed by atoms with van der Waals surface area (Å²) in [6.07, 6.45) is 2.80. The zero-order chi connectivity index (χ0) is 29.1. The zero-order valence-corrected chi connectivity index (χ0v) is 23.9. The van der Waals surface area contributed by atoms with E-state index < -0.39 is 0 Å². The van der Waals surface area contributed by atoms with Gasteiger partial charge in [-0.15, -0.1) is 5.10 Å². The number of para-hydroxylation sites is 1. The molecule has 2 heterocycles. The molecule has 0 spiro atoms. The van der Waals surface area contributed by atoms with E-state index in [4.69, 9.17) is 10.1 Å². The highest BCUT2D eigenvalue weighted by Crippen LogP contribution is 2.32. The lowest BCUT2D eigenvalue weighted by Gasteiger charge is -2.19. The molecule has 0 saturated heterocycles. The van der Waals surface area contributed by atoms with Crippen LogP contribution < -0.4 is 5.43 Å². The first-order valence-electron chi connectivity index (χ1n) is 14.2. The predicted octanol–water partition coefficient (Wildman–Crippen LogP) is 6.47. The molecule has 1 aliphatic rings. The molecule has 9 heteroatoms. The average molecular weight is 557 g/mol. The first-order valence-corrected chi connectivity index (χ1v) is 14.2. The van der Waals surface area contributed by atoms with Crippen molar-refractivity contribution >= 4 is 17.2 Å². The number of aromatic nitrogens is 6. The first-order chi connectivity index (χ1) is 20.5. The van der Waals surface area contributed by atoms with Gasteiger partial charge in [0.2, 0.25) is 5.78 Å². The average Bonchev–Trinajstić information content (AvgIpc) is 3.69. The highest BCUT2D eigenvalue weighted by Gasteiger charge is 2.33. The lowest BCUT2D eigenvalue weighted by molar-refractivity contribution is 0.102. The summed E-state index contributed by atoms with van der Waals surface area (Å²) < 4.78 is 2.09. The maximum atomic E-state index is 13.7.